The topological polar surface area (TPSA) is 149 Å². The van der Waals surface area contributed by atoms with Crippen LogP contribution in [0.5, 0.6) is 11.5 Å². The number of likely N-dealkylation sites (tertiary alicyclic amines) is 1. The molecule has 14 nitrogen and oxygen atoms in total. The molecule has 2 aromatic carbocycles. The monoisotopic (exact) mass is 795 g/mol. The van der Waals surface area contributed by atoms with Crippen LogP contribution in [-0.2, 0) is 16.1 Å². The lowest BCUT2D eigenvalue weighted by atomic mass is 9.68. The van der Waals surface area contributed by atoms with Gasteiger partial charge in [-0.1, -0.05) is 0 Å². The quantitative estimate of drug-likeness (QED) is 0.226. The van der Waals surface area contributed by atoms with E-state index in [2.05, 4.69) is 37.3 Å². The highest BCUT2D eigenvalue weighted by atomic mass is 19.3. The molecule has 7 heterocycles. The van der Waals surface area contributed by atoms with Gasteiger partial charge in [-0.25, -0.2) is 18.7 Å². The summed E-state index contributed by atoms with van der Waals surface area (Å²) in [6, 6.07) is 10.7. The molecule has 1 saturated carbocycles. The molecule has 0 radical (unpaired) electrons. The molecule has 10 rings (SSSR count). The third-order valence-electron chi connectivity index (χ3n) is 13.5. The van der Waals surface area contributed by atoms with E-state index in [9.17, 15) is 14.4 Å². The summed E-state index contributed by atoms with van der Waals surface area (Å²) in [6.07, 6.45) is 6.26. The fraction of sp³-hybridized carbons (Fsp3) is 0.524. The second kappa shape index (κ2) is 13.6. The number of aromatic nitrogens is 4. The zero-order valence-electron chi connectivity index (χ0n) is 32.7. The summed E-state index contributed by atoms with van der Waals surface area (Å²) in [4.78, 5) is 54.4. The summed E-state index contributed by atoms with van der Waals surface area (Å²) < 4.78 is 44.3. The molecule has 58 heavy (non-hydrogen) atoms. The largest absolute Gasteiger partial charge is 0.494 e. The van der Waals surface area contributed by atoms with Gasteiger partial charge in [0.25, 0.3) is 11.8 Å². The van der Waals surface area contributed by atoms with E-state index in [4.69, 9.17) is 9.47 Å². The fourth-order valence-corrected chi connectivity index (χ4v) is 9.73. The number of carbonyl (C=O) groups is 3. The van der Waals surface area contributed by atoms with Crippen LogP contribution in [0.4, 0.5) is 20.3 Å². The highest BCUT2D eigenvalue weighted by Crippen LogP contribution is 2.53. The number of methoxy groups -OCH3 is 1. The first-order valence-electron chi connectivity index (χ1n) is 20.4. The number of benzene rings is 2. The molecular weight excluding hydrogens is 749 g/mol. The summed E-state index contributed by atoms with van der Waals surface area (Å²) in [6.45, 7) is 5.19. The van der Waals surface area contributed by atoms with Crippen molar-refractivity contribution in [3.05, 3.63) is 53.9 Å². The lowest BCUT2D eigenvalue weighted by Crippen LogP contribution is -2.70. The molecule has 3 amide bonds. The average molecular weight is 796 g/mol. The molecule has 6 aliphatic rings. The van der Waals surface area contributed by atoms with Crippen molar-refractivity contribution in [2.75, 3.05) is 62.7 Å². The van der Waals surface area contributed by atoms with E-state index in [-0.39, 0.29) is 56.4 Å². The summed E-state index contributed by atoms with van der Waals surface area (Å²) in [5.74, 6) is -1.58. The number of amides is 3. The maximum Gasteiger partial charge on any atom is 0.269 e. The van der Waals surface area contributed by atoms with Gasteiger partial charge in [0, 0.05) is 61.7 Å². The Morgan fingerprint density at radius 2 is 1.74 bits per heavy atom. The number of nitrogens with zero attached hydrogens (tertiary/aromatic N) is 7. The second-order valence-electron chi connectivity index (χ2n) is 17.4. The second-order valence-corrected chi connectivity index (χ2v) is 17.4. The highest BCUT2D eigenvalue weighted by molar-refractivity contribution is 6.06. The molecule has 0 bridgehead atoms. The number of rotatable bonds is 9. The number of fused-ring (bicyclic) bond motifs is 2. The third kappa shape index (κ3) is 6.30. The van der Waals surface area contributed by atoms with E-state index >= 15 is 8.78 Å². The third-order valence-corrected chi connectivity index (χ3v) is 13.5. The minimum atomic E-state index is -2.87. The number of anilines is 2. The molecule has 2 N–H and O–H groups in total. The number of alkyl halides is 2. The molecule has 1 unspecified atom stereocenters. The molecule has 1 spiro atoms. The summed E-state index contributed by atoms with van der Waals surface area (Å²) in [5.41, 5.74) is 2.90. The smallest absolute Gasteiger partial charge is 0.269 e. The van der Waals surface area contributed by atoms with Crippen molar-refractivity contribution in [2.24, 2.45) is 11.3 Å². The molecule has 2 aromatic heterocycles. The summed E-state index contributed by atoms with van der Waals surface area (Å²) in [7, 11) is 1.51. The maximum atomic E-state index is 16.2. The van der Waals surface area contributed by atoms with E-state index in [0.717, 1.165) is 72.6 Å². The van der Waals surface area contributed by atoms with Gasteiger partial charge in [0.1, 0.15) is 41.0 Å². The van der Waals surface area contributed by atoms with E-state index in [1.165, 1.54) is 12.0 Å². The number of carbonyl (C=O) groups excluding carboxylic acids is 3. The number of hydrogen-bond acceptors (Lipinski definition) is 11. The molecule has 5 fully saturated rings. The van der Waals surface area contributed by atoms with Crippen LogP contribution in [0.25, 0.3) is 22.3 Å². The van der Waals surface area contributed by atoms with Crippen molar-refractivity contribution >= 4 is 40.1 Å². The number of imide groups is 1. The van der Waals surface area contributed by atoms with Gasteiger partial charge in [-0.05, 0) is 88.2 Å². The molecule has 4 saturated heterocycles. The van der Waals surface area contributed by atoms with Crippen molar-refractivity contribution in [1.29, 1.82) is 0 Å². The molecule has 1 atom stereocenters. The number of piperidine rings is 3. The minimum Gasteiger partial charge on any atom is -0.494 e. The first-order valence-corrected chi connectivity index (χ1v) is 20.4. The minimum absolute atomic E-state index is 0.0833. The molecular formula is C42H47F2N9O5. The Kier molecular flexibility index (Phi) is 8.66. The van der Waals surface area contributed by atoms with Gasteiger partial charge in [-0.15, -0.1) is 0 Å². The van der Waals surface area contributed by atoms with E-state index in [1.807, 2.05) is 34.1 Å². The molecule has 1 aliphatic carbocycles. The van der Waals surface area contributed by atoms with Gasteiger partial charge < -0.3 is 24.2 Å². The zero-order chi connectivity index (χ0) is 40.0. The van der Waals surface area contributed by atoms with Crippen molar-refractivity contribution in [3.8, 4) is 22.9 Å². The lowest BCUT2D eigenvalue weighted by molar-refractivity contribution is -0.181. The van der Waals surface area contributed by atoms with Gasteiger partial charge in [-0.3, -0.25) is 29.7 Å². The fourth-order valence-electron chi connectivity index (χ4n) is 9.73. The summed E-state index contributed by atoms with van der Waals surface area (Å²) >= 11 is 0. The average Bonchev–Trinajstić information content (AvgIpc) is 3.61. The SMILES string of the molecule is COc1c(N2CC3(CCN(CC4CCN(c5cc(-c6n[nH]c7ccc(OC8(C)CC8)cc67)ncn5)CC4)CC3(F)F)C2)ccc2c1CN(C1CCC(=O)NC1=O)C2=O. The molecule has 5 aliphatic heterocycles. The van der Waals surface area contributed by atoms with Crippen LogP contribution in [0, 0.1) is 11.3 Å². The number of H-pyrrole nitrogens is 1. The van der Waals surface area contributed by atoms with Crippen LogP contribution >= 0.6 is 0 Å². The van der Waals surface area contributed by atoms with Crippen LogP contribution in [-0.4, -0.2) is 118 Å². The Bertz CT molecular complexity index is 2320. The first kappa shape index (κ1) is 36.9. The van der Waals surface area contributed by atoms with Gasteiger partial charge >= 0.3 is 0 Å². The van der Waals surface area contributed by atoms with Crippen LogP contribution in [0.15, 0.2) is 42.7 Å². The number of halogens is 2. The van der Waals surface area contributed by atoms with Gasteiger partial charge in [0.05, 0.1) is 42.5 Å². The predicted octanol–water partition coefficient (Wildman–Crippen LogP) is 4.78. The predicted molar refractivity (Wildman–Crippen MR) is 210 cm³/mol. The normalized spacial score (nSPS) is 23.9. The van der Waals surface area contributed by atoms with E-state index < -0.39 is 23.3 Å². The Morgan fingerprint density at radius 1 is 0.931 bits per heavy atom. The van der Waals surface area contributed by atoms with Crippen LogP contribution in [0.3, 0.4) is 0 Å². The Labute approximate surface area is 334 Å². The van der Waals surface area contributed by atoms with Gasteiger partial charge in [-0.2, -0.15) is 5.10 Å². The van der Waals surface area contributed by atoms with Crippen molar-refractivity contribution in [2.45, 2.75) is 76.0 Å². The number of nitrogens with one attached hydrogen (secondary N) is 2. The first-order chi connectivity index (χ1) is 27.9. The van der Waals surface area contributed by atoms with E-state index in [0.29, 0.717) is 48.0 Å². The Morgan fingerprint density at radius 3 is 2.48 bits per heavy atom. The van der Waals surface area contributed by atoms with E-state index in [1.54, 1.807) is 18.5 Å². The van der Waals surface area contributed by atoms with Crippen molar-refractivity contribution in [3.63, 3.8) is 0 Å². The molecule has 16 heteroatoms. The van der Waals surface area contributed by atoms with Crippen molar-refractivity contribution in [1.82, 2.24) is 35.3 Å². The molecule has 4 aromatic rings. The zero-order valence-corrected chi connectivity index (χ0v) is 32.7. The maximum absolute atomic E-state index is 16.2. The van der Waals surface area contributed by atoms with Crippen molar-refractivity contribution < 1.29 is 32.6 Å². The standard InChI is InChI=1S/C42H47F2N9O5/c1-40(11-12-40)58-26-3-5-30-28(17-26)36(49-48-30)31-18-34(46-24-45-31)51-14-9-25(10-15-51)19-50-16-13-41(42(43,44)23-50)21-52(22-41)32-6-4-27-29(37(32)57-2)20-53(39(27)56)33-7-8-35(54)47-38(33)55/h3-6,17-18,24-25,33H,7-16,19-23H2,1-2H3,(H,48,49)(H,47,54,55). The number of ether oxygens (including phenoxy) is 2. The number of hydrogen-bond donors (Lipinski definition) is 2. The van der Waals surface area contributed by atoms with Crippen LogP contribution in [0.1, 0.15) is 67.8 Å². The Balaban J connectivity index is 0.747. The number of aromatic amines is 1. The van der Waals surface area contributed by atoms with Crippen LogP contribution in [0.2, 0.25) is 0 Å². The Hall–Kier alpha value is -5.38. The van der Waals surface area contributed by atoms with Gasteiger partial charge in [0.2, 0.25) is 11.8 Å². The summed E-state index contributed by atoms with van der Waals surface area (Å²) in [5, 5.41) is 11.0. The molecule has 304 valence electrons. The lowest BCUT2D eigenvalue weighted by Gasteiger charge is -2.58. The van der Waals surface area contributed by atoms with Gasteiger partial charge in [0.15, 0.2) is 0 Å². The highest BCUT2D eigenvalue weighted by Gasteiger charge is 2.63. The van der Waals surface area contributed by atoms with Crippen LogP contribution < -0.4 is 24.6 Å².